The molecule has 1 aliphatic rings. The molecule has 2 aromatic heterocycles. The first-order valence-electron chi connectivity index (χ1n) is 10.5. The van der Waals surface area contributed by atoms with Gasteiger partial charge in [-0.3, -0.25) is 14.7 Å². The Balaban J connectivity index is 1.39. The number of hydrogen-bond acceptors (Lipinski definition) is 7. The Morgan fingerprint density at radius 3 is 2.65 bits per heavy atom. The molecule has 1 saturated heterocycles. The van der Waals surface area contributed by atoms with Gasteiger partial charge in [0.25, 0.3) is 5.91 Å². The van der Waals surface area contributed by atoms with Gasteiger partial charge >= 0.3 is 0 Å². The van der Waals surface area contributed by atoms with Crippen LogP contribution in [0, 0.1) is 0 Å². The molecule has 4 rings (SSSR count). The van der Waals surface area contributed by atoms with E-state index in [4.69, 9.17) is 10.5 Å². The number of nitrogens with zero attached hydrogens (tertiary/aromatic N) is 4. The van der Waals surface area contributed by atoms with Crippen molar-refractivity contribution in [3.05, 3.63) is 60.7 Å². The molecule has 8 heteroatoms. The molecule has 160 valence electrons. The van der Waals surface area contributed by atoms with Crippen molar-refractivity contribution in [2.45, 2.75) is 19.3 Å². The highest BCUT2D eigenvalue weighted by atomic mass is 16.5. The summed E-state index contributed by atoms with van der Waals surface area (Å²) < 4.78 is 5.88. The molecule has 8 nitrogen and oxygen atoms in total. The number of nitrogen functional groups attached to an aromatic ring is 1. The first kappa shape index (κ1) is 20.7. The quantitative estimate of drug-likeness (QED) is 0.607. The van der Waals surface area contributed by atoms with Crippen molar-refractivity contribution in [3.8, 4) is 17.0 Å². The van der Waals surface area contributed by atoms with E-state index in [0.29, 0.717) is 18.0 Å². The van der Waals surface area contributed by atoms with Crippen LogP contribution in [-0.2, 0) is 0 Å². The minimum absolute atomic E-state index is 0.0720. The fourth-order valence-corrected chi connectivity index (χ4v) is 3.53. The average molecular weight is 419 g/mol. The maximum absolute atomic E-state index is 12.6. The number of benzene rings is 1. The van der Waals surface area contributed by atoms with E-state index in [9.17, 15) is 4.79 Å². The molecule has 3 N–H and O–H groups in total. The van der Waals surface area contributed by atoms with Crippen molar-refractivity contribution in [2.24, 2.45) is 0 Å². The van der Waals surface area contributed by atoms with Crippen LogP contribution >= 0.6 is 0 Å². The molecule has 0 aliphatic carbocycles. The van der Waals surface area contributed by atoms with Crippen molar-refractivity contribution in [2.75, 3.05) is 37.3 Å². The summed E-state index contributed by atoms with van der Waals surface area (Å²) in [6, 6.07) is 11.1. The average Bonchev–Trinajstić information content (AvgIpc) is 2.81. The molecule has 3 heterocycles. The van der Waals surface area contributed by atoms with E-state index in [1.807, 2.05) is 24.3 Å². The van der Waals surface area contributed by atoms with Crippen molar-refractivity contribution < 1.29 is 9.53 Å². The first-order valence-corrected chi connectivity index (χ1v) is 10.5. The summed E-state index contributed by atoms with van der Waals surface area (Å²) in [5.74, 6) is 0.444. The predicted molar refractivity (Wildman–Crippen MR) is 120 cm³/mol. The third-order valence-electron chi connectivity index (χ3n) is 5.21. The van der Waals surface area contributed by atoms with E-state index in [0.717, 1.165) is 30.9 Å². The molecule has 1 aliphatic heterocycles. The summed E-state index contributed by atoms with van der Waals surface area (Å²) in [6.45, 7) is 3.93. The number of nitrogens with two attached hydrogens (primary N) is 1. The van der Waals surface area contributed by atoms with E-state index in [2.05, 4.69) is 25.2 Å². The van der Waals surface area contributed by atoms with Crippen LogP contribution in [0.1, 0.15) is 29.8 Å². The zero-order valence-electron chi connectivity index (χ0n) is 17.3. The summed E-state index contributed by atoms with van der Waals surface area (Å²) in [6.07, 6.45) is 8.63. The van der Waals surface area contributed by atoms with Gasteiger partial charge in [-0.2, -0.15) is 0 Å². The van der Waals surface area contributed by atoms with Gasteiger partial charge in [-0.25, -0.2) is 9.97 Å². The van der Waals surface area contributed by atoms with Gasteiger partial charge in [0.1, 0.15) is 12.4 Å². The zero-order chi connectivity index (χ0) is 21.5. The molecule has 1 aromatic carbocycles. The molecule has 1 fully saturated rings. The topological polar surface area (TPSA) is 106 Å². The highest BCUT2D eigenvalue weighted by Gasteiger charge is 2.15. The molecular formula is C23H26N6O2. The second-order valence-electron chi connectivity index (χ2n) is 7.46. The van der Waals surface area contributed by atoms with Crippen LogP contribution in [0.4, 0.5) is 11.5 Å². The standard InChI is InChI=1S/C23H26N6O2/c24-22-21(23(30)27-18-5-4-10-25-15-18)28-20(16-26-22)17-6-8-19(9-7-17)31-14-13-29-11-2-1-3-12-29/h4-10,15-16H,1-3,11-14H2,(H2,24,26)(H,27,30). The number of amides is 1. The van der Waals surface area contributed by atoms with Crippen LogP contribution in [0.25, 0.3) is 11.3 Å². The van der Waals surface area contributed by atoms with Gasteiger partial charge in [0.15, 0.2) is 11.5 Å². The fraction of sp³-hybridized carbons (Fsp3) is 0.304. The molecule has 31 heavy (non-hydrogen) atoms. The summed E-state index contributed by atoms with van der Waals surface area (Å²) in [5.41, 5.74) is 7.91. The first-order chi connectivity index (χ1) is 15.2. The van der Waals surface area contributed by atoms with Crippen LogP contribution in [-0.4, -0.2) is 52.0 Å². The smallest absolute Gasteiger partial charge is 0.278 e. The minimum Gasteiger partial charge on any atom is -0.492 e. The van der Waals surface area contributed by atoms with Crippen molar-refractivity contribution in [1.82, 2.24) is 19.9 Å². The maximum Gasteiger partial charge on any atom is 0.278 e. The Bertz CT molecular complexity index is 1000. The highest BCUT2D eigenvalue weighted by molar-refractivity contribution is 6.05. The molecule has 1 amide bonds. The molecule has 3 aromatic rings. The molecule has 0 radical (unpaired) electrons. The van der Waals surface area contributed by atoms with Gasteiger partial charge < -0.3 is 15.8 Å². The summed E-state index contributed by atoms with van der Waals surface area (Å²) in [7, 11) is 0. The molecule has 0 bridgehead atoms. The Kier molecular flexibility index (Phi) is 6.68. The number of carbonyl (C=O) groups excluding carboxylic acids is 1. The Morgan fingerprint density at radius 1 is 1.10 bits per heavy atom. The zero-order valence-corrected chi connectivity index (χ0v) is 17.3. The van der Waals surface area contributed by atoms with Crippen LogP contribution in [0.2, 0.25) is 0 Å². The number of rotatable bonds is 7. The fourth-order valence-electron chi connectivity index (χ4n) is 3.53. The summed E-state index contributed by atoms with van der Waals surface area (Å²) in [4.78, 5) is 27.6. The normalized spacial score (nSPS) is 14.2. The number of hydrogen-bond donors (Lipinski definition) is 2. The number of ether oxygens (including phenoxy) is 1. The molecule has 0 atom stereocenters. The Hall–Kier alpha value is -3.52. The molecule has 0 spiro atoms. The van der Waals surface area contributed by atoms with Gasteiger partial charge in [0.05, 0.1) is 23.8 Å². The number of piperidine rings is 1. The maximum atomic E-state index is 12.6. The number of anilines is 2. The number of carbonyl (C=O) groups is 1. The van der Waals surface area contributed by atoms with E-state index >= 15 is 0 Å². The van der Waals surface area contributed by atoms with Gasteiger partial charge in [-0.05, 0) is 62.3 Å². The SMILES string of the molecule is Nc1ncc(-c2ccc(OCCN3CCCCC3)cc2)nc1C(=O)Nc1cccnc1. The van der Waals surface area contributed by atoms with E-state index in [-0.39, 0.29) is 11.5 Å². The minimum atomic E-state index is -0.433. The molecule has 0 unspecified atom stereocenters. The number of likely N-dealkylation sites (tertiary alicyclic amines) is 1. The van der Waals surface area contributed by atoms with Crippen molar-refractivity contribution in [1.29, 1.82) is 0 Å². The Morgan fingerprint density at radius 2 is 1.90 bits per heavy atom. The van der Waals surface area contributed by atoms with E-state index in [1.54, 1.807) is 30.7 Å². The van der Waals surface area contributed by atoms with E-state index in [1.165, 1.54) is 19.3 Å². The van der Waals surface area contributed by atoms with Crippen molar-refractivity contribution >= 4 is 17.4 Å². The lowest BCUT2D eigenvalue weighted by molar-refractivity contribution is 0.102. The van der Waals surface area contributed by atoms with E-state index < -0.39 is 5.91 Å². The molecular weight excluding hydrogens is 392 g/mol. The summed E-state index contributed by atoms with van der Waals surface area (Å²) in [5, 5.41) is 2.73. The molecule has 0 saturated carbocycles. The number of aromatic nitrogens is 3. The van der Waals surface area contributed by atoms with Crippen LogP contribution < -0.4 is 15.8 Å². The Labute approximate surface area is 181 Å². The lowest BCUT2D eigenvalue weighted by atomic mass is 10.1. The van der Waals surface area contributed by atoms with Gasteiger partial charge in [-0.1, -0.05) is 6.42 Å². The van der Waals surface area contributed by atoms with Gasteiger partial charge in [-0.15, -0.1) is 0 Å². The van der Waals surface area contributed by atoms with Crippen molar-refractivity contribution in [3.63, 3.8) is 0 Å². The van der Waals surface area contributed by atoms with Crippen LogP contribution in [0.3, 0.4) is 0 Å². The third-order valence-corrected chi connectivity index (χ3v) is 5.21. The summed E-state index contributed by atoms with van der Waals surface area (Å²) >= 11 is 0. The van der Waals surface area contributed by atoms with Crippen LogP contribution in [0.15, 0.2) is 55.0 Å². The third kappa shape index (κ3) is 5.55. The number of pyridine rings is 1. The lowest BCUT2D eigenvalue weighted by Gasteiger charge is -2.26. The lowest BCUT2D eigenvalue weighted by Crippen LogP contribution is -2.33. The predicted octanol–water partition coefficient (Wildman–Crippen LogP) is 3.24. The second-order valence-corrected chi connectivity index (χ2v) is 7.46. The van der Waals surface area contributed by atoms with Crippen LogP contribution in [0.5, 0.6) is 5.75 Å². The largest absolute Gasteiger partial charge is 0.492 e. The van der Waals surface area contributed by atoms with Gasteiger partial charge in [0, 0.05) is 18.3 Å². The number of nitrogens with one attached hydrogen (secondary N) is 1. The highest BCUT2D eigenvalue weighted by Crippen LogP contribution is 2.22. The second kappa shape index (κ2) is 9.99. The van der Waals surface area contributed by atoms with Gasteiger partial charge in [0.2, 0.25) is 0 Å². The monoisotopic (exact) mass is 418 g/mol.